The second kappa shape index (κ2) is 6.89. The number of hydrogen-bond donors (Lipinski definition) is 0. The summed E-state index contributed by atoms with van der Waals surface area (Å²) in [5, 5.41) is 0. The van der Waals surface area contributed by atoms with E-state index in [-0.39, 0.29) is 18.0 Å². The molecule has 1 rings (SSSR count). The molecule has 0 spiro atoms. The molecule has 0 aromatic carbocycles. The fourth-order valence-corrected chi connectivity index (χ4v) is 2.23. The number of esters is 2. The first kappa shape index (κ1) is 16.0. The Kier molecular flexibility index (Phi) is 5.79. The zero-order valence-corrected chi connectivity index (χ0v) is 12.4. The Morgan fingerprint density at radius 1 is 1.26 bits per heavy atom. The number of rotatable bonds is 4. The maximum atomic E-state index is 12.2. The lowest BCUT2D eigenvalue weighted by molar-refractivity contribution is -0.163. The minimum atomic E-state index is -0.470. The number of likely N-dealkylation sites (tertiary alicyclic amines) is 1. The van der Waals surface area contributed by atoms with Gasteiger partial charge in [-0.1, -0.05) is 6.42 Å². The van der Waals surface area contributed by atoms with E-state index in [2.05, 4.69) is 4.74 Å². The van der Waals surface area contributed by atoms with Crippen LogP contribution in [-0.2, 0) is 19.1 Å². The van der Waals surface area contributed by atoms with Crippen molar-refractivity contribution in [3.63, 3.8) is 0 Å². The lowest BCUT2D eigenvalue weighted by Crippen LogP contribution is -2.47. The summed E-state index contributed by atoms with van der Waals surface area (Å²) in [6, 6.07) is -0.224. The smallest absolute Gasteiger partial charge is 0.323 e. The summed E-state index contributed by atoms with van der Waals surface area (Å²) in [5.74, 6) is -0.425. The third-order valence-electron chi connectivity index (χ3n) is 3.12. The molecule has 1 heterocycles. The van der Waals surface area contributed by atoms with Crippen LogP contribution in [0.4, 0.5) is 0 Å². The molecule has 1 aliphatic rings. The minimum absolute atomic E-state index is 0.183. The van der Waals surface area contributed by atoms with Gasteiger partial charge >= 0.3 is 11.9 Å². The van der Waals surface area contributed by atoms with Gasteiger partial charge in [-0.05, 0) is 40.2 Å². The molecule has 5 heteroatoms. The van der Waals surface area contributed by atoms with Crippen LogP contribution < -0.4 is 0 Å². The molecule has 0 aliphatic carbocycles. The van der Waals surface area contributed by atoms with Gasteiger partial charge in [-0.25, -0.2) is 0 Å². The molecule has 5 nitrogen and oxygen atoms in total. The van der Waals surface area contributed by atoms with Crippen molar-refractivity contribution in [2.45, 2.75) is 58.1 Å². The Balaban J connectivity index is 2.56. The first-order valence-electron chi connectivity index (χ1n) is 6.87. The van der Waals surface area contributed by atoms with Gasteiger partial charge < -0.3 is 9.47 Å². The highest BCUT2D eigenvalue weighted by atomic mass is 16.6. The topological polar surface area (TPSA) is 55.8 Å². The number of ether oxygens (including phenoxy) is 2. The summed E-state index contributed by atoms with van der Waals surface area (Å²) in [5.41, 5.74) is -0.470. The molecule has 0 aromatic rings. The van der Waals surface area contributed by atoms with Crippen molar-refractivity contribution in [2.75, 3.05) is 20.2 Å². The monoisotopic (exact) mass is 271 g/mol. The molecule has 0 N–H and O–H groups in total. The average molecular weight is 271 g/mol. The fraction of sp³-hybridized carbons (Fsp3) is 0.857. The Morgan fingerprint density at radius 3 is 2.53 bits per heavy atom. The summed E-state index contributed by atoms with van der Waals surface area (Å²) in [6.45, 7) is 6.99. The summed E-state index contributed by atoms with van der Waals surface area (Å²) < 4.78 is 10.1. The lowest BCUT2D eigenvalue weighted by Gasteiger charge is -2.35. The standard InChI is InChI=1S/C14H25NO4/c1-14(2,3)19-13(17)11-7-5-6-9-15(11)10-8-12(16)18-4/h11H,5-10H2,1-4H3/t11-/m1/s1. The summed E-state index contributed by atoms with van der Waals surface area (Å²) in [4.78, 5) is 25.4. The third-order valence-corrected chi connectivity index (χ3v) is 3.12. The number of nitrogens with zero attached hydrogens (tertiary/aromatic N) is 1. The molecule has 0 bridgehead atoms. The van der Waals surface area contributed by atoms with Crippen LogP contribution in [0.2, 0.25) is 0 Å². The zero-order chi connectivity index (χ0) is 14.5. The first-order chi connectivity index (χ1) is 8.83. The van der Waals surface area contributed by atoms with Crippen molar-refractivity contribution in [3.05, 3.63) is 0 Å². The van der Waals surface area contributed by atoms with Crippen LogP contribution in [0.3, 0.4) is 0 Å². The highest BCUT2D eigenvalue weighted by Gasteiger charge is 2.32. The maximum absolute atomic E-state index is 12.2. The molecule has 19 heavy (non-hydrogen) atoms. The summed E-state index contributed by atoms with van der Waals surface area (Å²) in [6.07, 6.45) is 3.20. The van der Waals surface area contributed by atoms with E-state index in [1.807, 2.05) is 25.7 Å². The highest BCUT2D eigenvalue weighted by Crippen LogP contribution is 2.20. The Hall–Kier alpha value is -1.10. The van der Waals surface area contributed by atoms with E-state index in [9.17, 15) is 9.59 Å². The number of piperidine rings is 1. The second-order valence-corrected chi connectivity index (χ2v) is 5.91. The van der Waals surface area contributed by atoms with Gasteiger partial charge in [-0.2, -0.15) is 0 Å². The molecule has 110 valence electrons. The molecule has 0 saturated carbocycles. The zero-order valence-electron chi connectivity index (χ0n) is 12.4. The quantitative estimate of drug-likeness (QED) is 0.729. The van der Waals surface area contributed by atoms with Crippen molar-refractivity contribution < 1.29 is 19.1 Å². The number of carbonyl (C=O) groups is 2. The van der Waals surface area contributed by atoms with Gasteiger partial charge in [0.1, 0.15) is 11.6 Å². The first-order valence-corrected chi connectivity index (χ1v) is 6.87. The minimum Gasteiger partial charge on any atom is -0.469 e. The number of hydrogen-bond acceptors (Lipinski definition) is 5. The maximum Gasteiger partial charge on any atom is 0.323 e. The SMILES string of the molecule is COC(=O)CCN1CCCC[C@@H]1C(=O)OC(C)(C)C. The normalized spacial score (nSPS) is 20.9. The molecule has 1 saturated heterocycles. The third kappa shape index (κ3) is 5.59. The van der Waals surface area contributed by atoms with Crippen LogP contribution >= 0.6 is 0 Å². The van der Waals surface area contributed by atoms with Crippen molar-refractivity contribution in [1.82, 2.24) is 4.90 Å². The van der Waals surface area contributed by atoms with Gasteiger partial charge in [0.25, 0.3) is 0 Å². The fourth-order valence-electron chi connectivity index (χ4n) is 2.23. The van der Waals surface area contributed by atoms with Gasteiger partial charge in [0.2, 0.25) is 0 Å². The van der Waals surface area contributed by atoms with E-state index in [1.54, 1.807) is 0 Å². The molecule has 0 unspecified atom stereocenters. The largest absolute Gasteiger partial charge is 0.469 e. The van der Waals surface area contributed by atoms with E-state index in [0.29, 0.717) is 13.0 Å². The van der Waals surface area contributed by atoms with Crippen LogP contribution in [0, 0.1) is 0 Å². The van der Waals surface area contributed by atoms with Crippen molar-refractivity contribution in [3.8, 4) is 0 Å². The van der Waals surface area contributed by atoms with Gasteiger partial charge in [0.05, 0.1) is 13.5 Å². The van der Waals surface area contributed by atoms with Crippen LogP contribution in [0.15, 0.2) is 0 Å². The molecule has 1 aliphatic heterocycles. The van der Waals surface area contributed by atoms with E-state index < -0.39 is 5.60 Å². The van der Waals surface area contributed by atoms with E-state index in [4.69, 9.17) is 4.74 Å². The molecule has 1 atom stereocenters. The summed E-state index contributed by atoms with van der Waals surface area (Å²) >= 11 is 0. The van der Waals surface area contributed by atoms with E-state index in [0.717, 1.165) is 25.8 Å². The Labute approximate surface area is 115 Å². The number of carbonyl (C=O) groups excluding carboxylic acids is 2. The number of methoxy groups -OCH3 is 1. The Morgan fingerprint density at radius 2 is 1.95 bits per heavy atom. The second-order valence-electron chi connectivity index (χ2n) is 5.91. The predicted molar refractivity (Wildman–Crippen MR) is 71.7 cm³/mol. The molecule has 0 radical (unpaired) electrons. The van der Waals surface area contributed by atoms with Crippen LogP contribution in [0.25, 0.3) is 0 Å². The van der Waals surface area contributed by atoms with Gasteiger partial charge in [-0.3, -0.25) is 14.5 Å². The van der Waals surface area contributed by atoms with E-state index in [1.165, 1.54) is 7.11 Å². The summed E-state index contributed by atoms with van der Waals surface area (Å²) in [7, 11) is 1.38. The molecular formula is C14H25NO4. The predicted octanol–water partition coefficient (Wildman–Crippen LogP) is 1.75. The van der Waals surface area contributed by atoms with Crippen molar-refractivity contribution >= 4 is 11.9 Å². The van der Waals surface area contributed by atoms with Crippen LogP contribution in [-0.4, -0.2) is 48.7 Å². The molecule has 0 aromatic heterocycles. The highest BCUT2D eigenvalue weighted by molar-refractivity contribution is 5.76. The van der Waals surface area contributed by atoms with Gasteiger partial charge in [-0.15, -0.1) is 0 Å². The van der Waals surface area contributed by atoms with Crippen molar-refractivity contribution in [1.29, 1.82) is 0 Å². The lowest BCUT2D eigenvalue weighted by atomic mass is 10.0. The molecular weight excluding hydrogens is 246 g/mol. The molecule has 0 amide bonds. The molecule has 1 fully saturated rings. The van der Waals surface area contributed by atoms with Crippen LogP contribution in [0.1, 0.15) is 46.5 Å². The van der Waals surface area contributed by atoms with Crippen LogP contribution in [0.5, 0.6) is 0 Å². The average Bonchev–Trinajstić information content (AvgIpc) is 2.34. The van der Waals surface area contributed by atoms with Crippen molar-refractivity contribution in [2.24, 2.45) is 0 Å². The van der Waals surface area contributed by atoms with Gasteiger partial charge in [0, 0.05) is 6.54 Å². The van der Waals surface area contributed by atoms with Gasteiger partial charge in [0.15, 0.2) is 0 Å². The Bertz CT molecular complexity index is 322. The van der Waals surface area contributed by atoms with E-state index >= 15 is 0 Å².